The number of aromatic nitrogens is 3. The number of benzene rings is 2. The van der Waals surface area contributed by atoms with E-state index in [0.29, 0.717) is 20.8 Å². The van der Waals surface area contributed by atoms with E-state index >= 15 is 0 Å². The number of thioether (sulfide) groups is 1. The van der Waals surface area contributed by atoms with Gasteiger partial charge >= 0.3 is 0 Å². The molecule has 2 aromatic carbocycles. The number of rotatable bonds is 3. The van der Waals surface area contributed by atoms with E-state index in [1.165, 1.54) is 0 Å². The van der Waals surface area contributed by atoms with Crippen LogP contribution in [0.15, 0.2) is 47.6 Å². The molecule has 4 aromatic rings. The number of nitrogens with zero attached hydrogens (tertiary/aromatic N) is 3. The Kier molecular flexibility index (Phi) is 4.54. The van der Waals surface area contributed by atoms with E-state index in [2.05, 4.69) is 10.2 Å². The summed E-state index contributed by atoms with van der Waals surface area (Å²) in [5, 5.41) is 12.5. The molecule has 0 spiro atoms. The fourth-order valence-corrected chi connectivity index (χ4v) is 4.66. The van der Waals surface area contributed by atoms with Crippen LogP contribution in [0.2, 0.25) is 15.1 Å². The van der Waals surface area contributed by atoms with Gasteiger partial charge in [0.25, 0.3) is 0 Å². The molecule has 0 aliphatic heterocycles. The van der Waals surface area contributed by atoms with Gasteiger partial charge in [0.1, 0.15) is 0 Å². The summed E-state index contributed by atoms with van der Waals surface area (Å²) < 4.78 is 2.04. The Morgan fingerprint density at radius 2 is 1.76 bits per heavy atom. The smallest absolute Gasteiger partial charge is 0.196 e. The minimum atomic E-state index is 0.613. The molecule has 0 bridgehead atoms. The van der Waals surface area contributed by atoms with Crippen LogP contribution in [0.5, 0.6) is 0 Å². The highest BCUT2D eigenvalue weighted by atomic mass is 35.5. The van der Waals surface area contributed by atoms with E-state index in [1.807, 2.05) is 53.8 Å². The zero-order valence-electron chi connectivity index (χ0n) is 13.1. The summed E-state index contributed by atoms with van der Waals surface area (Å²) in [5.74, 6) is 0.613. The molecule has 0 saturated heterocycles. The first kappa shape index (κ1) is 17.0. The van der Waals surface area contributed by atoms with Crippen molar-refractivity contribution in [3.05, 3.63) is 68.7 Å². The van der Waals surface area contributed by atoms with Crippen LogP contribution in [-0.2, 0) is 5.75 Å². The number of halogens is 3. The fourth-order valence-electron chi connectivity index (χ4n) is 2.79. The molecular formula is C18H12Cl3N3S. The SMILES string of the molecule is Cc1cc2nnc(SCc3c(Cl)cccc3Cl)n2c2ccc(Cl)cc12. The molecule has 2 aromatic heterocycles. The fraction of sp³-hybridized carbons (Fsp3) is 0.111. The largest absolute Gasteiger partial charge is 0.270 e. The van der Waals surface area contributed by atoms with Crippen molar-refractivity contribution in [2.75, 3.05) is 0 Å². The van der Waals surface area contributed by atoms with E-state index < -0.39 is 0 Å². The van der Waals surface area contributed by atoms with Crippen LogP contribution in [-0.4, -0.2) is 14.6 Å². The van der Waals surface area contributed by atoms with Crippen molar-refractivity contribution >= 4 is 63.1 Å². The Labute approximate surface area is 163 Å². The van der Waals surface area contributed by atoms with Crippen molar-refractivity contribution in [1.82, 2.24) is 14.6 Å². The summed E-state index contributed by atoms with van der Waals surface area (Å²) in [5.41, 5.74) is 3.84. The molecule has 3 nitrogen and oxygen atoms in total. The summed E-state index contributed by atoms with van der Waals surface area (Å²) >= 11 is 20.2. The van der Waals surface area contributed by atoms with Crippen molar-refractivity contribution in [3.63, 3.8) is 0 Å². The molecule has 2 heterocycles. The third kappa shape index (κ3) is 3.08. The van der Waals surface area contributed by atoms with Crippen molar-refractivity contribution in [3.8, 4) is 0 Å². The maximum absolute atomic E-state index is 6.27. The number of hydrogen-bond donors (Lipinski definition) is 0. The lowest BCUT2D eigenvalue weighted by Crippen LogP contribution is -1.94. The minimum Gasteiger partial charge on any atom is -0.270 e. The Balaban J connectivity index is 1.81. The Hall–Kier alpha value is -1.46. The third-order valence-corrected chi connectivity index (χ3v) is 5.93. The monoisotopic (exact) mass is 407 g/mol. The second kappa shape index (κ2) is 6.69. The van der Waals surface area contributed by atoms with Gasteiger partial charge in [0.05, 0.1) is 5.52 Å². The second-order valence-corrected chi connectivity index (χ2v) is 7.85. The highest BCUT2D eigenvalue weighted by molar-refractivity contribution is 7.98. The molecule has 0 fully saturated rings. The van der Waals surface area contributed by atoms with Crippen molar-refractivity contribution < 1.29 is 0 Å². The van der Waals surface area contributed by atoms with Gasteiger partial charge in [-0.05, 0) is 54.4 Å². The van der Waals surface area contributed by atoms with Crippen LogP contribution >= 0.6 is 46.6 Å². The van der Waals surface area contributed by atoms with Gasteiger partial charge in [0.2, 0.25) is 0 Å². The standard InChI is InChI=1S/C18H12Cl3N3S/c1-10-7-17-22-23-18(24(17)16-6-5-11(19)8-12(10)16)25-9-13-14(20)3-2-4-15(13)21/h2-8H,9H2,1H3. The van der Waals surface area contributed by atoms with E-state index in [1.54, 1.807) is 11.8 Å². The molecule has 0 N–H and O–H groups in total. The van der Waals surface area contributed by atoms with E-state index in [0.717, 1.165) is 32.8 Å². The lowest BCUT2D eigenvalue weighted by atomic mass is 10.1. The van der Waals surface area contributed by atoms with E-state index in [-0.39, 0.29) is 0 Å². The summed E-state index contributed by atoms with van der Waals surface area (Å²) in [6.07, 6.45) is 0. The van der Waals surface area contributed by atoms with Gasteiger partial charge in [-0.2, -0.15) is 0 Å². The Bertz CT molecular complexity index is 1090. The summed E-state index contributed by atoms with van der Waals surface area (Å²) in [7, 11) is 0. The third-order valence-electron chi connectivity index (χ3n) is 4.04. The first-order valence-electron chi connectivity index (χ1n) is 7.54. The van der Waals surface area contributed by atoms with E-state index in [4.69, 9.17) is 34.8 Å². The second-order valence-electron chi connectivity index (χ2n) is 5.65. The Morgan fingerprint density at radius 3 is 2.52 bits per heavy atom. The highest BCUT2D eigenvalue weighted by Gasteiger charge is 2.14. The van der Waals surface area contributed by atoms with Crippen LogP contribution in [0.4, 0.5) is 0 Å². The predicted molar refractivity (Wildman–Crippen MR) is 106 cm³/mol. The number of aryl methyl sites for hydroxylation is 1. The molecule has 7 heteroatoms. The molecule has 0 amide bonds. The van der Waals surface area contributed by atoms with Gasteiger partial charge in [0, 0.05) is 26.2 Å². The van der Waals surface area contributed by atoms with Gasteiger partial charge in [-0.1, -0.05) is 52.6 Å². The average Bonchev–Trinajstić information content (AvgIpc) is 2.97. The van der Waals surface area contributed by atoms with Crippen LogP contribution in [0.25, 0.3) is 16.6 Å². The quantitative estimate of drug-likeness (QED) is 0.365. The first-order valence-corrected chi connectivity index (χ1v) is 9.66. The molecule has 25 heavy (non-hydrogen) atoms. The molecule has 4 rings (SSSR count). The molecule has 0 atom stereocenters. The molecule has 0 aliphatic carbocycles. The molecule has 0 saturated carbocycles. The average molecular weight is 409 g/mol. The number of pyridine rings is 1. The topological polar surface area (TPSA) is 30.2 Å². The van der Waals surface area contributed by atoms with Crippen LogP contribution < -0.4 is 0 Å². The zero-order chi connectivity index (χ0) is 17.6. The molecule has 0 unspecified atom stereocenters. The van der Waals surface area contributed by atoms with E-state index in [9.17, 15) is 0 Å². The van der Waals surface area contributed by atoms with Crippen molar-refractivity contribution in [2.24, 2.45) is 0 Å². The molecular weight excluding hydrogens is 397 g/mol. The maximum Gasteiger partial charge on any atom is 0.196 e. The van der Waals surface area contributed by atoms with Gasteiger partial charge in [-0.25, -0.2) is 0 Å². The van der Waals surface area contributed by atoms with Gasteiger partial charge in [-0.15, -0.1) is 10.2 Å². The first-order chi connectivity index (χ1) is 12.0. The van der Waals surface area contributed by atoms with Gasteiger partial charge in [0.15, 0.2) is 10.8 Å². The normalized spacial score (nSPS) is 11.5. The zero-order valence-corrected chi connectivity index (χ0v) is 16.2. The van der Waals surface area contributed by atoms with Crippen molar-refractivity contribution in [2.45, 2.75) is 17.8 Å². The van der Waals surface area contributed by atoms with Crippen molar-refractivity contribution in [1.29, 1.82) is 0 Å². The van der Waals surface area contributed by atoms with Crippen LogP contribution in [0, 0.1) is 6.92 Å². The lowest BCUT2D eigenvalue weighted by molar-refractivity contribution is 0.939. The predicted octanol–water partition coefficient (Wildman–Crippen LogP) is 6.44. The highest BCUT2D eigenvalue weighted by Crippen LogP contribution is 2.33. The van der Waals surface area contributed by atoms with Gasteiger partial charge < -0.3 is 0 Å². The Morgan fingerprint density at radius 1 is 1.00 bits per heavy atom. The molecule has 0 aliphatic rings. The summed E-state index contributed by atoms with van der Waals surface area (Å²) in [4.78, 5) is 0. The molecule has 0 radical (unpaired) electrons. The minimum absolute atomic E-state index is 0.613. The van der Waals surface area contributed by atoms with Crippen LogP contribution in [0.3, 0.4) is 0 Å². The number of fused-ring (bicyclic) bond motifs is 3. The number of hydrogen-bond acceptors (Lipinski definition) is 3. The maximum atomic E-state index is 6.27. The summed E-state index contributed by atoms with van der Waals surface area (Å²) in [6.45, 7) is 2.05. The molecule has 126 valence electrons. The van der Waals surface area contributed by atoms with Gasteiger partial charge in [-0.3, -0.25) is 4.40 Å². The van der Waals surface area contributed by atoms with Crippen LogP contribution in [0.1, 0.15) is 11.1 Å². The lowest BCUT2D eigenvalue weighted by Gasteiger charge is -2.09. The summed E-state index contributed by atoms with van der Waals surface area (Å²) in [6, 6.07) is 13.4.